The van der Waals surface area contributed by atoms with Gasteiger partial charge in [0.15, 0.2) is 0 Å². The molecule has 0 aliphatic rings. The van der Waals surface area contributed by atoms with E-state index < -0.39 is 18.1 Å². The topological polar surface area (TPSA) is 92.7 Å². The van der Waals surface area contributed by atoms with E-state index in [-0.39, 0.29) is 12.4 Å². The summed E-state index contributed by atoms with van der Waals surface area (Å²) in [7, 11) is 0. The summed E-state index contributed by atoms with van der Waals surface area (Å²) >= 11 is 0. The van der Waals surface area contributed by atoms with Crippen molar-refractivity contribution < 1.29 is 24.2 Å². The number of benzene rings is 1. The van der Waals surface area contributed by atoms with Crippen molar-refractivity contribution in [3.05, 3.63) is 35.9 Å². The van der Waals surface area contributed by atoms with Gasteiger partial charge in [0.1, 0.15) is 18.4 Å². The van der Waals surface area contributed by atoms with E-state index in [1.165, 1.54) is 6.92 Å². The minimum Gasteiger partial charge on any atom is -0.480 e. The molecule has 0 fully saturated rings. The van der Waals surface area contributed by atoms with Crippen molar-refractivity contribution in [2.75, 3.05) is 0 Å². The van der Waals surface area contributed by atoms with Crippen molar-refractivity contribution >= 4 is 17.8 Å². The first-order valence-electron chi connectivity index (χ1n) is 7.68. The zero-order chi connectivity index (χ0) is 17.1. The van der Waals surface area contributed by atoms with E-state index in [1.807, 2.05) is 30.3 Å². The number of carbonyl (C=O) groups excluding carboxylic acids is 2. The van der Waals surface area contributed by atoms with Crippen LogP contribution >= 0.6 is 0 Å². The molecule has 0 saturated carbocycles. The van der Waals surface area contributed by atoms with Gasteiger partial charge in [-0.05, 0) is 25.3 Å². The summed E-state index contributed by atoms with van der Waals surface area (Å²) in [5, 5.41) is 11.5. The number of ether oxygens (including phenoxy) is 1. The fraction of sp³-hybridized carbons (Fsp3) is 0.471. The minimum atomic E-state index is -1.09. The van der Waals surface area contributed by atoms with Gasteiger partial charge in [0.25, 0.3) is 0 Å². The Morgan fingerprint density at radius 1 is 1.13 bits per heavy atom. The third kappa shape index (κ3) is 8.60. The summed E-state index contributed by atoms with van der Waals surface area (Å²) in [4.78, 5) is 33.6. The Morgan fingerprint density at radius 3 is 2.43 bits per heavy atom. The van der Waals surface area contributed by atoms with Crippen molar-refractivity contribution in [1.82, 2.24) is 5.32 Å². The lowest BCUT2D eigenvalue weighted by atomic mass is 10.1. The number of hydrogen-bond donors (Lipinski definition) is 2. The van der Waals surface area contributed by atoms with Gasteiger partial charge in [-0.25, -0.2) is 9.59 Å². The number of carboxylic acids is 1. The number of alkyl carbamates (subject to hydrolysis) is 1. The van der Waals surface area contributed by atoms with Gasteiger partial charge in [-0.3, -0.25) is 0 Å². The van der Waals surface area contributed by atoms with Gasteiger partial charge in [0.2, 0.25) is 0 Å². The molecule has 1 atom stereocenters. The molecule has 0 saturated heterocycles. The number of Topliss-reactive ketones (excluding diaryl/α,β-unsaturated/α-hetero) is 1. The van der Waals surface area contributed by atoms with Gasteiger partial charge >= 0.3 is 12.1 Å². The molecule has 1 aromatic rings. The first kappa shape index (κ1) is 18.7. The molecule has 1 unspecified atom stereocenters. The van der Waals surface area contributed by atoms with Crippen LogP contribution in [0.2, 0.25) is 0 Å². The van der Waals surface area contributed by atoms with Crippen LogP contribution in [-0.2, 0) is 20.9 Å². The predicted octanol–water partition coefficient (Wildman–Crippen LogP) is 2.91. The van der Waals surface area contributed by atoms with Crippen LogP contribution in [0.1, 0.15) is 44.6 Å². The Labute approximate surface area is 135 Å². The van der Waals surface area contributed by atoms with Gasteiger partial charge in [0, 0.05) is 6.42 Å². The second kappa shape index (κ2) is 10.4. The Balaban J connectivity index is 2.29. The summed E-state index contributed by atoms with van der Waals surface area (Å²) in [6.07, 6.45) is 2.19. The van der Waals surface area contributed by atoms with E-state index in [1.54, 1.807) is 0 Å². The van der Waals surface area contributed by atoms with Crippen LogP contribution in [0.3, 0.4) is 0 Å². The van der Waals surface area contributed by atoms with E-state index in [9.17, 15) is 14.4 Å². The first-order chi connectivity index (χ1) is 11.0. The molecule has 1 amide bonds. The van der Waals surface area contributed by atoms with Gasteiger partial charge in [-0.2, -0.15) is 0 Å². The maximum Gasteiger partial charge on any atom is 0.408 e. The molecule has 0 radical (unpaired) electrons. The van der Waals surface area contributed by atoms with E-state index in [2.05, 4.69) is 5.32 Å². The lowest BCUT2D eigenvalue weighted by Gasteiger charge is -2.14. The van der Waals surface area contributed by atoms with Crippen molar-refractivity contribution in [3.63, 3.8) is 0 Å². The highest BCUT2D eigenvalue weighted by atomic mass is 16.5. The van der Waals surface area contributed by atoms with Crippen LogP contribution in [0.25, 0.3) is 0 Å². The van der Waals surface area contributed by atoms with Crippen molar-refractivity contribution in [1.29, 1.82) is 0 Å². The number of ketones is 1. The smallest absolute Gasteiger partial charge is 0.408 e. The highest BCUT2D eigenvalue weighted by Gasteiger charge is 2.20. The van der Waals surface area contributed by atoms with Crippen molar-refractivity contribution in [3.8, 4) is 0 Å². The van der Waals surface area contributed by atoms with E-state index in [4.69, 9.17) is 9.84 Å². The predicted molar refractivity (Wildman–Crippen MR) is 85.0 cm³/mol. The number of rotatable bonds is 10. The van der Waals surface area contributed by atoms with Crippen LogP contribution < -0.4 is 5.32 Å². The van der Waals surface area contributed by atoms with Gasteiger partial charge in [-0.15, -0.1) is 0 Å². The molecule has 0 heterocycles. The Morgan fingerprint density at radius 2 is 1.83 bits per heavy atom. The maximum atomic E-state index is 11.7. The first-order valence-corrected chi connectivity index (χ1v) is 7.68. The monoisotopic (exact) mass is 321 g/mol. The molecule has 1 rings (SSSR count). The second-order valence-electron chi connectivity index (χ2n) is 5.40. The zero-order valence-electron chi connectivity index (χ0n) is 13.3. The molecule has 0 spiro atoms. The average molecular weight is 321 g/mol. The van der Waals surface area contributed by atoms with Crippen LogP contribution in [0, 0.1) is 0 Å². The van der Waals surface area contributed by atoms with E-state index in [0.717, 1.165) is 18.4 Å². The summed E-state index contributed by atoms with van der Waals surface area (Å²) < 4.78 is 5.01. The number of carbonyl (C=O) groups is 3. The normalized spacial score (nSPS) is 11.5. The maximum absolute atomic E-state index is 11.7. The molecular formula is C17H23NO5. The average Bonchev–Trinajstić information content (AvgIpc) is 2.52. The lowest BCUT2D eigenvalue weighted by molar-refractivity contribution is -0.139. The third-order valence-electron chi connectivity index (χ3n) is 3.32. The molecule has 0 aliphatic heterocycles. The summed E-state index contributed by atoms with van der Waals surface area (Å²) in [5.74, 6) is -0.962. The van der Waals surface area contributed by atoms with Crippen LogP contribution in [0.4, 0.5) is 4.79 Å². The zero-order valence-corrected chi connectivity index (χ0v) is 13.3. The standard InChI is InChI=1S/C17H23NO5/c1-13(19)8-4-2-7-11-15(16(20)21)18-17(22)23-12-14-9-5-3-6-10-14/h3,5-6,9-10,15H,2,4,7-8,11-12H2,1H3,(H,18,22)(H,20,21). The second-order valence-corrected chi connectivity index (χ2v) is 5.40. The number of carboxylic acid groups (broad SMARTS) is 1. The summed E-state index contributed by atoms with van der Waals surface area (Å²) in [6, 6.07) is 8.18. The van der Waals surface area contributed by atoms with Crippen molar-refractivity contribution in [2.45, 2.75) is 51.7 Å². The number of amides is 1. The highest BCUT2D eigenvalue weighted by Crippen LogP contribution is 2.07. The SMILES string of the molecule is CC(=O)CCCCCC(NC(=O)OCc1ccccc1)C(=O)O. The number of hydrogen-bond acceptors (Lipinski definition) is 4. The largest absolute Gasteiger partial charge is 0.480 e. The number of unbranched alkanes of at least 4 members (excludes halogenated alkanes) is 2. The highest BCUT2D eigenvalue weighted by molar-refractivity contribution is 5.79. The van der Waals surface area contributed by atoms with E-state index >= 15 is 0 Å². The molecule has 6 nitrogen and oxygen atoms in total. The Hall–Kier alpha value is -2.37. The fourth-order valence-electron chi connectivity index (χ4n) is 2.06. The third-order valence-corrected chi connectivity index (χ3v) is 3.32. The molecule has 126 valence electrons. The van der Waals surface area contributed by atoms with E-state index in [0.29, 0.717) is 19.3 Å². The quantitative estimate of drug-likeness (QED) is 0.646. The number of nitrogens with one attached hydrogen (secondary N) is 1. The number of aliphatic carboxylic acids is 1. The lowest BCUT2D eigenvalue weighted by Crippen LogP contribution is -2.41. The molecule has 0 aromatic heterocycles. The van der Waals surface area contributed by atoms with Gasteiger partial charge < -0.3 is 20.0 Å². The molecule has 23 heavy (non-hydrogen) atoms. The molecule has 0 bridgehead atoms. The summed E-state index contributed by atoms with van der Waals surface area (Å²) in [5.41, 5.74) is 0.832. The summed E-state index contributed by atoms with van der Waals surface area (Å²) in [6.45, 7) is 1.63. The van der Waals surface area contributed by atoms with Crippen LogP contribution in [-0.4, -0.2) is 29.0 Å². The molecule has 0 aliphatic carbocycles. The Kier molecular flexibility index (Phi) is 8.42. The minimum absolute atomic E-state index is 0.0949. The van der Waals surface area contributed by atoms with Crippen LogP contribution in [0.15, 0.2) is 30.3 Å². The molecule has 6 heteroatoms. The fourth-order valence-corrected chi connectivity index (χ4v) is 2.06. The van der Waals surface area contributed by atoms with Crippen LogP contribution in [0.5, 0.6) is 0 Å². The molecule has 2 N–H and O–H groups in total. The van der Waals surface area contributed by atoms with Gasteiger partial charge in [0.05, 0.1) is 0 Å². The van der Waals surface area contributed by atoms with Crippen molar-refractivity contribution in [2.24, 2.45) is 0 Å². The molecule has 1 aromatic carbocycles. The van der Waals surface area contributed by atoms with Gasteiger partial charge in [-0.1, -0.05) is 43.2 Å². The Bertz CT molecular complexity index is 515. The molecular weight excluding hydrogens is 298 g/mol.